The van der Waals surface area contributed by atoms with Crippen LogP contribution in [0.4, 0.5) is 0 Å². The van der Waals surface area contributed by atoms with Gasteiger partial charge in [-0.25, -0.2) is 0 Å². The number of para-hydroxylation sites is 1. The van der Waals surface area contributed by atoms with E-state index in [0.717, 1.165) is 11.3 Å². The number of rotatable bonds is 4. The minimum Gasteiger partial charge on any atom is -0.494 e. The first-order valence-corrected chi connectivity index (χ1v) is 4.45. The lowest BCUT2D eigenvalue weighted by Gasteiger charge is -2.08. The topological polar surface area (TPSA) is 67.8 Å². The Morgan fingerprint density at radius 3 is 2.86 bits per heavy atom. The molecule has 76 valence electrons. The van der Waals surface area contributed by atoms with E-state index < -0.39 is 0 Å². The van der Waals surface area contributed by atoms with Gasteiger partial charge in [0.15, 0.2) is 0 Å². The molecule has 0 bridgehead atoms. The Morgan fingerprint density at radius 2 is 2.21 bits per heavy atom. The van der Waals surface area contributed by atoms with Gasteiger partial charge in [-0.1, -0.05) is 23.4 Å². The number of ether oxygens (including phenoxy) is 1. The number of oxime groups is 1. The van der Waals surface area contributed by atoms with Crippen molar-refractivity contribution in [1.29, 1.82) is 0 Å². The first-order chi connectivity index (χ1) is 6.77. The minimum atomic E-state index is 0.178. The van der Waals surface area contributed by atoms with E-state index in [1.165, 1.54) is 0 Å². The number of hydrogen-bond donors (Lipinski definition) is 2. The maximum absolute atomic E-state index is 8.44. The molecule has 14 heavy (non-hydrogen) atoms. The summed E-state index contributed by atoms with van der Waals surface area (Å²) < 4.78 is 5.39. The van der Waals surface area contributed by atoms with Gasteiger partial charge < -0.3 is 15.7 Å². The first-order valence-electron chi connectivity index (χ1n) is 4.45. The summed E-state index contributed by atoms with van der Waals surface area (Å²) in [4.78, 5) is 0. The maximum atomic E-state index is 8.44. The number of benzene rings is 1. The van der Waals surface area contributed by atoms with E-state index in [-0.39, 0.29) is 5.84 Å². The average molecular weight is 194 g/mol. The molecule has 4 heteroatoms. The molecule has 0 amide bonds. The fourth-order valence-corrected chi connectivity index (χ4v) is 1.18. The number of hydrogen-bond acceptors (Lipinski definition) is 3. The predicted molar refractivity (Wildman–Crippen MR) is 54.7 cm³/mol. The van der Waals surface area contributed by atoms with Crippen molar-refractivity contribution in [2.45, 2.75) is 13.3 Å². The highest BCUT2D eigenvalue weighted by molar-refractivity contribution is 5.82. The summed E-state index contributed by atoms with van der Waals surface area (Å²) in [5.74, 6) is 0.957. The molecule has 3 N–H and O–H groups in total. The van der Waals surface area contributed by atoms with E-state index in [4.69, 9.17) is 15.7 Å². The fraction of sp³-hybridized carbons (Fsp3) is 0.300. The molecule has 0 saturated carbocycles. The lowest BCUT2D eigenvalue weighted by molar-refractivity contribution is 0.316. The Hall–Kier alpha value is -1.71. The molecule has 0 atom stereocenters. The van der Waals surface area contributed by atoms with E-state index in [0.29, 0.717) is 13.0 Å². The molecule has 1 rings (SSSR count). The van der Waals surface area contributed by atoms with Crippen LogP contribution < -0.4 is 10.5 Å². The van der Waals surface area contributed by atoms with Crippen LogP contribution in [0.15, 0.2) is 29.4 Å². The molecule has 0 aromatic heterocycles. The zero-order valence-corrected chi connectivity index (χ0v) is 8.10. The van der Waals surface area contributed by atoms with Crippen LogP contribution in [0.2, 0.25) is 0 Å². The molecule has 0 saturated heterocycles. The second-order valence-electron chi connectivity index (χ2n) is 2.81. The van der Waals surface area contributed by atoms with Gasteiger partial charge in [-0.05, 0) is 13.0 Å². The van der Waals surface area contributed by atoms with E-state index in [1.807, 2.05) is 31.2 Å². The third-order valence-electron chi connectivity index (χ3n) is 1.77. The lowest BCUT2D eigenvalue weighted by Crippen LogP contribution is -2.15. The monoisotopic (exact) mass is 194 g/mol. The molecular weight excluding hydrogens is 180 g/mol. The van der Waals surface area contributed by atoms with Gasteiger partial charge in [0.2, 0.25) is 0 Å². The first kappa shape index (κ1) is 10.4. The van der Waals surface area contributed by atoms with Crippen molar-refractivity contribution >= 4 is 5.84 Å². The largest absolute Gasteiger partial charge is 0.494 e. The van der Waals surface area contributed by atoms with Crippen LogP contribution in [0.1, 0.15) is 12.5 Å². The molecule has 0 spiro atoms. The van der Waals surface area contributed by atoms with Gasteiger partial charge in [0.1, 0.15) is 11.6 Å². The van der Waals surface area contributed by atoms with Crippen molar-refractivity contribution in [3.8, 4) is 5.75 Å². The standard InChI is InChI=1S/C10H14N2O2/c1-2-14-9-6-4-3-5-8(9)7-10(11)12-13/h3-6,13H,2,7H2,1H3,(H2,11,12). The lowest BCUT2D eigenvalue weighted by atomic mass is 10.1. The van der Waals surface area contributed by atoms with Crippen LogP contribution >= 0.6 is 0 Å². The van der Waals surface area contributed by atoms with Crippen molar-refractivity contribution in [3.63, 3.8) is 0 Å². The third kappa shape index (κ3) is 2.65. The molecule has 1 aromatic carbocycles. The van der Waals surface area contributed by atoms with Crippen LogP contribution in [-0.4, -0.2) is 17.6 Å². The summed E-state index contributed by atoms with van der Waals surface area (Å²) in [6.07, 6.45) is 0.396. The fourth-order valence-electron chi connectivity index (χ4n) is 1.18. The van der Waals surface area contributed by atoms with E-state index in [1.54, 1.807) is 0 Å². The second-order valence-corrected chi connectivity index (χ2v) is 2.81. The number of nitrogens with two attached hydrogens (primary N) is 1. The van der Waals surface area contributed by atoms with Gasteiger partial charge in [-0.2, -0.15) is 0 Å². The Morgan fingerprint density at radius 1 is 1.50 bits per heavy atom. The Bertz CT molecular complexity index is 324. The summed E-state index contributed by atoms with van der Waals surface area (Å²) in [6, 6.07) is 7.54. The molecule has 0 radical (unpaired) electrons. The highest BCUT2D eigenvalue weighted by atomic mass is 16.5. The quantitative estimate of drug-likeness (QED) is 0.329. The van der Waals surface area contributed by atoms with Gasteiger partial charge in [0.25, 0.3) is 0 Å². The number of nitrogens with zero attached hydrogens (tertiary/aromatic N) is 1. The molecule has 0 aliphatic heterocycles. The molecule has 0 aliphatic rings. The van der Waals surface area contributed by atoms with Gasteiger partial charge in [-0.3, -0.25) is 0 Å². The van der Waals surface area contributed by atoms with Gasteiger partial charge in [-0.15, -0.1) is 0 Å². The molecule has 0 unspecified atom stereocenters. The van der Waals surface area contributed by atoms with Crippen LogP contribution in [0.5, 0.6) is 5.75 Å². The van der Waals surface area contributed by atoms with Crippen LogP contribution in [0.3, 0.4) is 0 Å². The van der Waals surface area contributed by atoms with E-state index >= 15 is 0 Å². The van der Waals surface area contributed by atoms with Gasteiger partial charge >= 0.3 is 0 Å². The number of amidine groups is 1. The van der Waals surface area contributed by atoms with Crippen molar-refractivity contribution < 1.29 is 9.94 Å². The molecule has 4 nitrogen and oxygen atoms in total. The third-order valence-corrected chi connectivity index (χ3v) is 1.77. The van der Waals surface area contributed by atoms with Gasteiger partial charge in [0, 0.05) is 12.0 Å². The van der Waals surface area contributed by atoms with Crippen LogP contribution in [-0.2, 0) is 6.42 Å². The van der Waals surface area contributed by atoms with Gasteiger partial charge in [0.05, 0.1) is 6.61 Å². The summed E-state index contributed by atoms with van der Waals surface area (Å²) in [6.45, 7) is 2.52. The van der Waals surface area contributed by atoms with Crippen LogP contribution in [0, 0.1) is 0 Å². The highest BCUT2D eigenvalue weighted by Gasteiger charge is 2.04. The summed E-state index contributed by atoms with van der Waals surface area (Å²) in [5.41, 5.74) is 6.34. The molecular formula is C10H14N2O2. The SMILES string of the molecule is CCOc1ccccc1CC(N)=NO. The Labute approximate surface area is 83.0 Å². The molecule has 1 aromatic rings. The molecule has 0 fully saturated rings. The summed E-state index contributed by atoms with van der Waals surface area (Å²) in [7, 11) is 0. The van der Waals surface area contributed by atoms with Crippen molar-refractivity contribution in [2.75, 3.05) is 6.61 Å². The average Bonchev–Trinajstić information content (AvgIpc) is 2.21. The molecule has 0 aliphatic carbocycles. The normalized spacial score (nSPS) is 11.4. The van der Waals surface area contributed by atoms with Crippen molar-refractivity contribution in [2.24, 2.45) is 10.9 Å². The van der Waals surface area contributed by atoms with E-state index in [9.17, 15) is 0 Å². The maximum Gasteiger partial charge on any atom is 0.143 e. The summed E-state index contributed by atoms with van der Waals surface area (Å²) in [5, 5.41) is 11.4. The van der Waals surface area contributed by atoms with Crippen LogP contribution in [0.25, 0.3) is 0 Å². The predicted octanol–water partition coefficient (Wildman–Crippen LogP) is 1.37. The zero-order valence-electron chi connectivity index (χ0n) is 8.10. The molecule has 0 heterocycles. The Balaban J connectivity index is 2.84. The smallest absolute Gasteiger partial charge is 0.143 e. The summed E-state index contributed by atoms with van der Waals surface area (Å²) >= 11 is 0. The minimum absolute atomic E-state index is 0.178. The highest BCUT2D eigenvalue weighted by Crippen LogP contribution is 2.18. The van der Waals surface area contributed by atoms with Crippen molar-refractivity contribution in [1.82, 2.24) is 0 Å². The second kappa shape index (κ2) is 5.11. The Kier molecular flexibility index (Phi) is 3.79. The van der Waals surface area contributed by atoms with E-state index in [2.05, 4.69) is 5.16 Å². The van der Waals surface area contributed by atoms with Crippen molar-refractivity contribution in [3.05, 3.63) is 29.8 Å². The zero-order chi connectivity index (χ0) is 10.4.